The molecule has 1 spiro atoms. The van der Waals surface area contributed by atoms with Crippen molar-refractivity contribution >= 4 is 23.5 Å². The van der Waals surface area contributed by atoms with Crippen molar-refractivity contribution in [3.05, 3.63) is 35.4 Å². The quantitative estimate of drug-likeness (QED) is 0.840. The molecule has 1 atom stereocenters. The Hall–Kier alpha value is -0.120. The molecule has 1 aromatic carbocycles. The molecule has 3 heteroatoms. The monoisotopic (exact) mass is 306 g/mol. The molecule has 2 aliphatic carbocycles. The minimum Gasteiger partial charge on any atom is -0.382 e. The highest BCUT2D eigenvalue weighted by atomic mass is 32.2. The Kier molecular flexibility index (Phi) is 3.36. The lowest BCUT2D eigenvalue weighted by Gasteiger charge is -2.46. The summed E-state index contributed by atoms with van der Waals surface area (Å²) in [4.78, 5) is 0. The van der Waals surface area contributed by atoms with Crippen molar-refractivity contribution < 1.29 is 5.11 Å². The van der Waals surface area contributed by atoms with Gasteiger partial charge >= 0.3 is 0 Å². The second kappa shape index (κ2) is 4.96. The average molecular weight is 306 g/mol. The molecule has 1 saturated heterocycles. The van der Waals surface area contributed by atoms with E-state index >= 15 is 0 Å². The molecule has 1 aliphatic heterocycles. The Morgan fingerprint density at radius 2 is 1.70 bits per heavy atom. The molecule has 4 rings (SSSR count). The number of fused-ring (bicyclic) bond motifs is 1. The molecule has 1 saturated carbocycles. The minimum absolute atomic E-state index is 0.124. The molecule has 2 fully saturated rings. The van der Waals surface area contributed by atoms with E-state index in [-0.39, 0.29) is 5.41 Å². The molecule has 1 N–H and O–H groups in total. The maximum absolute atomic E-state index is 11.9. The van der Waals surface area contributed by atoms with E-state index in [9.17, 15) is 5.11 Å². The summed E-state index contributed by atoms with van der Waals surface area (Å²) in [5.41, 5.74) is 2.17. The second-order valence-electron chi connectivity index (χ2n) is 6.51. The van der Waals surface area contributed by atoms with Gasteiger partial charge in [0.2, 0.25) is 0 Å². The first-order chi connectivity index (χ1) is 9.76. The van der Waals surface area contributed by atoms with Crippen molar-refractivity contribution in [3.63, 3.8) is 0 Å². The van der Waals surface area contributed by atoms with Crippen LogP contribution in [-0.2, 0) is 12.0 Å². The average Bonchev–Trinajstić information content (AvgIpc) is 3.07. The van der Waals surface area contributed by atoms with E-state index in [1.54, 1.807) is 0 Å². The molecule has 0 bridgehead atoms. The first-order valence-electron chi connectivity index (χ1n) is 7.80. The van der Waals surface area contributed by atoms with Gasteiger partial charge in [-0.1, -0.05) is 37.1 Å². The number of benzene rings is 1. The van der Waals surface area contributed by atoms with E-state index in [1.165, 1.54) is 54.7 Å². The Bertz CT molecular complexity index is 503. The van der Waals surface area contributed by atoms with Gasteiger partial charge in [-0.05, 0) is 48.3 Å². The van der Waals surface area contributed by atoms with Gasteiger partial charge in [-0.25, -0.2) is 0 Å². The van der Waals surface area contributed by atoms with Crippen LogP contribution in [0.3, 0.4) is 0 Å². The van der Waals surface area contributed by atoms with Crippen LogP contribution in [0.5, 0.6) is 0 Å². The van der Waals surface area contributed by atoms with E-state index in [0.717, 1.165) is 6.42 Å². The lowest BCUT2D eigenvalue weighted by Crippen LogP contribution is -2.48. The molecule has 1 heterocycles. The van der Waals surface area contributed by atoms with Crippen molar-refractivity contribution in [1.29, 1.82) is 0 Å². The fourth-order valence-corrected chi connectivity index (χ4v) is 7.98. The molecule has 1 unspecified atom stereocenters. The van der Waals surface area contributed by atoms with Gasteiger partial charge in [-0.3, -0.25) is 0 Å². The van der Waals surface area contributed by atoms with Crippen LogP contribution < -0.4 is 0 Å². The fraction of sp³-hybridized carbons (Fsp3) is 0.647. The largest absolute Gasteiger partial charge is 0.382 e. The molecular weight excluding hydrogens is 284 g/mol. The summed E-state index contributed by atoms with van der Waals surface area (Å²) in [5, 5.41) is 11.9. The predicted octanol–water partition coefficient (Wildman–Crippen LogP) is 4.19. The molecule has 3 aliphatic rings. The number of aliphatic hydroxyl groups is 1. The highest BCUT2D eigenvalue weighted by Crippen LogP contribution is 2.64. The van der Waals surface area contributed by atoms with Gasteiger partial charge in [0.25, 0.3) is 0 Å². The van der Waals surface area contributed by atoms with Crippen LogP contribution in [0.4, 0.5) is 0 Å². The SMILES string of the molecule is OC1(C2SCCCS2)c2ccccc2CC12CCCC2. The van der Waals surface area contributed by atoms with Crippen LogP contribution in [-0.4, -0.2) is 21.2 Å². The third kappa shape index (κ3) is 1.75. The summed E-state index contributed by atoms with van der Waals surface area (Å²) >= 11 is 3.99. The summed E-state index contributed by atoms with van der Waals surface area (Å²) in [6.45, 7) is 0. The van der Waals surface area contributed by atoms with E-state index in [4.69, 9.17) is 0 Å². The van der Waals surface area contributed by atoms with Gasteiger partial charge in [-0.2, -0.15) is 0 Å². The zero-order chi connectivity index (χ0) is 13.6. The van der Waals surface area contributed by atoms with Crippen molar-refractivity contribution in [2.45, 2.75) is 48.7 Å². The zero-order valence-corrected chi connectivity index (χ0v) is 13.4. The molecule has 0 radical (unpaired) electrons. The lowest BCUT2D eigenvalue weighted by atomic mass is 9.72. The summed E-state index contributed by atoms with van der Waals surface area (Å²) in [6.07, 6.45) is 7.37. The first-order valence-corrected chi connectivity index (χ1v) is 9.90. The van der Waals surface area contributed by atoms with E-state index in [1.807, 2.05) is 23.5 Å². The Labute approximate surface area is 129 Å². The topological polar surface area (TPSA) is 20.2 Å². The molecule has 0 amide bonds. The highest BCUT2D eigenvalue weighted by molar-refractivity contribution is 8.17. The van der Waals surface area contributed by atoms with Crippen LogP contribution in [0.1, 0.15) is 43.2 Å². The van der Waals surface area contributed by atoms with Crippen molar-refractivity contribution in [3.8, 4) is 0 Å². The lowest BCUT2D eigenvalue weighted by molar-refractivity contribution is -0.0617. The molecule has 108 valence electrons. The number of thioether (sulfide) groups is 2. The highest BCUT2D eigenvalue weighted by Gasteiger charge is 2.61. The van der Waals surface area contributed by atoms with Crippen LogP contribution in [0, 0.1) is 5.41 Å². The van der Waals surface area contributed by atoms with Gasteiger partial charge in [0, 0.05) is 5.41 Å². The molecular formula is C17H22OS2. The molecule has 20 heavy (non-hydrogen) atoms. The minimum atomic E-state index is -0.601. The van der Waals surface area contributed by atoms with E-state index in [2.05, 4.69) is 24.3 Å². The first kappa shape index (κ1) is 13.5. The van der Waals surface area contributed by atoms with Gasteiger partial charge in [-0.15, -0.1) is 23.5 Å². The van der Waals surface area contributed by atoms with Crippen LogP contribution in [0.15, 0.2) is 24.3 Å². The predicted molar refractivity (Wildman–Crippen MR) is 88.3 cm³/mol. The number of hydrogen-bond donors (Lipinski definition) is 1. The summed E-state index contributed by atoms with van der Waals surface area (Å²) in [7, 11) is 0. The fourth-order valence-electron chi connectivity index (χ4n) is 4.55. The smallest absolute Gasteiger partial charge is 0.117 e. The zero-order valence-electron chi connectivity index (χ0n) is 11.8. The Morgan fingerprint density at radius 1 is 1.00 bits per heavy atom. The maximum Gasteiger partial charge on any atom is 0.117 e. The van der Waals surface area contributed by atoms with Crippen molar-refractivity contribution in [1.82, 2.24) is 0 Å². The Morgan fingerprint density at radius 3 is 2.45 bits per heavy atom. The van der Waals surface area contributed by atoms with Gasteiger partial charge < -0.3 is 5.11 Å². The van der Waals surface area contributed by atoms with Crippen LogP contribution in [0.25, 0.3) is 0 Å². The van der Waals surface area contributed by atoms with Gasteiger partial charge in [0.15, 0.2) is 0 Å². The number of hydrogen-bond acceptors (Lipinski definition) is 3. The normalized spacial score (nSPS) is 32.6. The third-order valence-corrected chi connectivity index (χ3v) is 8.65. The summed E-state index contributed by atoms with van der Waals surface area (Å²) < 4.78 is 0.331. The number of rotatable bonds is 1. The molecule has 1 aromatic rings. The van der Waals surface area contributed by atoms with E-state index in [0.29, 0.717) is 4.58 Å². The summed E-state index contributed by atoms with van der Waals surface area (Å²) in [5.74, 6) is 2.41. The second-order valence-corrected chi connectivity index (χ2v) is 9.24. The van der Waals surface area contributed by atoms with Crippen molar-refractivity contribution in [2.75, 3.05) is 11.5 Å². The maximum atomic E-state index is 11.9. The molecule has 1 nitrogen and oxygen atoms in total. The summed E-state index contributed by atoms with van der Waals surface area (Å²) in [6, 6.07) is 8.67. The standard InChI is InChI=1S/C17H22OS2/c18-17(15-19-10-5-11-20-15)14-7-2-1-6-13(14)12-16(17)8-3-4-9-16/h1-2,6-7,15,18H,3-5,8-12H2. The van der Waals surface area contributed by atoms with Gasteiger partial charge in [0.05, 0.1) is 4.58 Å². The van der Waals surface area contributed by atoms with Crippen LogP contribution in [0.2, 0.25) is 0 Å². The van der Waals surface area contributed by atoms with E-state index < -0.39 is 5.60 Å². The van der Waals surface area contributed by atoms with Gasteiger partial charge in [0.1, 0.15) is 5.60 Å². The molecule has 0 aromatic heterocycles. The van der Waals surface area contributed by atoms with Crippen molar-refractivity contribution in [2.24, 2.45) is 5.41 Å². The third-order valence-electron chi connectivity index (χ3n) is 5.49. The Balaban J connectivity index is 1.82. The van der Waals surface area contributed by atoms with Crippen LogP contribution >= 0.6 is 23.5 Å².